The lowest BCUT2D eigenvalue weighted by atomic mass is 10.0. The minimum Gasteiger partial charge on any atom is -0.357 e. The standard InChI is InChI=1S/C27H29FN2O2S/c1-20-9-8-12-22(15-20)17-30(25(27(32)29-2)16-21-10-4-3-5-11-21)26(31)19-33-18-23-13-6-7-14-24(23)28/h3-15,25H,16-19H2,1-2H3,(H,29,32)/t25-/m0/s1. The van der Waals surface area contributed by atoms with Crippen LogP contribution in [-0.2, 0) is 28.3 Å². The van der Waals surface area contributed by atoms with Crippen molar-refractivity contribution in [3.63, 3.8) is 0 Å². The van der Waals surface area contributed by atoms with Gasteiger partial charge in [0.15, 0.2) is 0 Å². The smallest absolute Gasteiger partial charge is 0.242 e. The number of thioether (sulfide) groups is 1. The first-order valence-electron chi connectivity index (χ1n) is 10.9. The van der Waals surface area contributed by atoms with Crippen LogP contribution in [0.5, 0.6) is 0 Å². The van der Waals surface area contributed by atoms with Gasteiger partial charge in [0.2, 0.25) is 11.8 Å². The van der Waals surface area contributed by atoms with Crippen LogP contribution in [0, 0.1) is 12.7 Å². The van der Waals surface area contributed by atoms with Crippen molar-refractivity contribution in [1.82, 2.24) is 10.2 Å². The summed E-state index contributed by atoms with van der Waals surface area (Å²) in [5.41, 5.74) is 3.60. The van der Waals surface area contributed by atoms with Crippen molar-refractivity contribution in [3.8, 4) is 0 Å². The molecule has 0 aliphatic rings. The minimum absolute atomic E-state index is 0.151. The zero-order valence-corrected chi connectivity index (χ0v) is 19.8. The summed E-state index contributed by atoms with van der Waals surface area (Å²) in [6.45, 7) is 2.33. The number of likely N-dealkylation sites (N-methyl/N-ethyl adjacent to an activating group) is 1. The Kier molecular flexibility index (Phi) is 9.07. The van der Waals surface area contributed by atoms with E-state index in [-0.39, 0.29) is 23.4 Å². The highest BCUT2D eigenvalue weighted by atomic mass is 32.2. The van der Waals surface area contributed by atoms with Gasteiger partial charge in [-0.25, -0.2) is 4.39 Å². The maximum atomic E-state index is 14.0. The zero-order chi connectivity index (χ0) is 23.6. The van der Waals surface area contributed by atoms with Gasteiger partial charge >= 0.3 is 0 Å². The van der Waals surface area contributed by atoms with Crippen LogP contribution < -0.4 is 5.32 Å². The van der Waals surface area contributed by atoms with Gasteiger partial charge < -0.3 is 10.2 Å². The van der Waals surface area contributed by atoms with Gasteiger partial charge in [0.05, 0.1) is 5.75 Å². The molecule has 0 spiro atoms. The number of benzene rings is 3. The molecule has 0 aliphatic carbocycles. The Labute approximate surface area is 199 Å². The van der Waals surface area contributed by atoms with Crippen LogP contribution in [0.3, 0.4) is 0 Å². The maximum Gasteiger partial charge on any atom is 0.242 e. The Morgan fingerprint density at radius 2 is 1.67 bits per heavy atom. The molecule has 0 bridgehead atoms. The molecule has 0 fully saturated rings. The predicted molar refractivity (Wildman–Crippen MR) is 132 cm³/mol. The molecule has 0 aliphatic heterocycles. The van der Waals surface area contributed by atoms with Gasteiger partial charge in [-0.05, 0) is 29.7 Å². The highest BCUT2D eigenvalue weighted by Crippen LogP contribution is 2.20. The summed E-state index contributed by atoms with van der Waals surface area (Å²) in [5.74, 6) is -0.0923. The number of hydrogen-bond donors (Lipinski definition) is 1. The molecule has 33 heavy (non-hydrogen) atoms. The normalized spacial score (nSPS) is 11.6. The molecule has 3 aromatic carbocycles. The average Bonchev–Trinajstić information content (AvgIpc) is 2.82. The zero-order valence-electron chi connectivity index (χ0n) is 19.0. The van der Waals surface area contributed by atoms with Gasteiger partial charge in [-0.2, -0.15) is 0 Å². The highest BCUT2D eigenvalue weighted by molar-refractivity contribution is 7.99. The summed E-state index contributed by atoms with van der Waals surface area (Å²) < 4.78 is 14.0. The minimum atomic E-state index is -0.653. The van der Waals surface area contributed by atoms with Crippen LogP contribution in [-0.4, -0.2) is 35.6 Å². The van der Waals surface area contributed by atoms with Crippen molar-refractivity contribution < 1.29 is 14.0 Å². The molecule has 1 N–H and O–H groups in total. The number of rotatable bonds is 10. The van der Waals surface area contributed by atoms with E-state index in [2.05, 4.69) is 5.32 Å². The Hall–Kier alpha value is -3.12. The second-order valence-corrected chi connectivity index (χ2v) is 8.90. The Balaban J connectivity index is 1.81. The summed E-state index contributed by atoms with van der Waals surface area (Å²) in [7, 11) is 1.59. The summed E-state index contributed by atoms with van der Waals surface area (Å²) in [4.78, 5) is 27.9. The van der Waals surface area contributed by atoms with Crippen LogP contribution in [0.15, 0.2) is 78.9 Å². The molecular weight excluding hydrogens is 435 g/mol. The van der Waals surface area contributed by atoms with Crippen molar-refractivity contribution in [1.29, 1.82) is 0 Å². The molecule has 4 nitrogen and oxygen atoms in total. The SMILES string of the molecule is CNC(=O)[C@H](Cc1ccccc1)N(Cc1cccc(C)c1)C(=O)CSCc1ccccc1F. The molecule has 0 unspecified atom stereocenters. The lowest BCUT2D eigenvalue weighted by Gasteiger charge is -2.31. The summed E-state index contributed by atoms with van der Waals surface area (Å²) in [6, 6.07) is 23.5. The van der Waals surface area contributed by atoms with Gasteiger partial charge in [-0.15, -0.1) is 11.8 Å². The molecule has 172 valence electrons. The number of carbonyl (C=O) groups is 2. The largest absolute Gasteiger partial charge is 0.357 e. The fourth-order valence-corrected chi connectivity index (χ4v) is 4.57. The Morgan fingerprint density at radius 3 is 2.36 bits per heavy atom. The van der Waals surface area contributed by atoms with E-state index in [1.807, 2.05) is 61.5 Å². The monoisotopic (exact) mass is 464 g/mol. The van der Waals surface area contributed by atoms with Crippen LogP contribution in [0.1, 0.15) is 22.3 Å². The quantitative estimate of drug-likeness (QED) is 0.471. The van der Waals surface area contributed by atoms with E-state index >= 15 is 0 Å². The third-order valence-corrected chi connectivity index (χ3v) is 6.36. The lowest BCUT2D eigenvalue weighted by Crippen LogP contribution is -2.50. The fraction of sp³-hybridized carbons (Fsp3) is 0.259. The van der Waals surface area contributed by atoms with Gasteiger partial charge in [0, 0.05) is 25.8 Å². The summed E-state index contributed by atoms with van der Waals surface area (Å²) in [6.07, 6.45) is 0.413. The third-order valence-electron chi connectivity index (χ3n) is 5.39. The average molecular weight is 465 g/mol. The van der Waals surface area contributed by atoms with E-state index < -0.39 is 6.04 Å². The van der Waals surface area contributed by atoms with E-state index in [1.165, 1.54) is 17.8 Å². The van der Waals surface area contributed by atoms with Gasteiger partial charge in [-0.3, -0.25) is 9.59 Å². The number of nitrogens with zero attached hydrogens (tertiary/aromatic N) is 1. The Bertz CT molecular complexity index is 1070. The van der Waals surface area contributed by atoms with Crippen LogP contribution in [0.2, 0.25) is 0 Å². The van der Waals surface area contributed by atoms with E-state index in [9.17, 15) is 14.0 Å². The predicted octanol–water partition coefficient (Wildman–Crippen LogP) is 4.75. The molecular formula is C27H29FN2O2S. The van der Waals surface area contributed by atoms with Gasteiger partial charge in [0.25, 0.3) is 0 Å². The molecule has 2 amide bonds. The van der Waals surface area contributed by atoms with Crippen molar-refractivity contribution in [2.75, 3.05) is 12.8 Å². The second-order valence-electron chi connectivity index (χ2n) is 7.91. The van der Waals surface area contributed by atoms with Gasteiger partial charge in [0.1, 0.15) is 11.9 Å². The summed E-state index contributed by atoms with van der Waals surface area (Å²) >= 11 is 1.35. The topological polar surface area (TPSA) is 49.4 Å². The number of aryl methyl sites for hydroxylation is 1. The Morgan fingerprint density at radius 1 is 0.970 bits per heavy atom. The van der Waals surface area contributed by atoms with Crippen molar-refractivity contribution in [2.24, 2.45) is 0 Å². The molecule has 0 heterocycles. The molecule has 1 atom stereocenters. The third kappa shape index (κ3) is 7.19. The number of hydrogen-bond acceptors (Lipinski definition) is 3. The van der Waals surface area contributed by atoms with E-state index in [0.717, 1.165) is 16.7 Å². The molecule has 3 aromatic rings. The maximum absolute atomic E-state index is 14.0. The molecule has 0 saturated carbocycles. The van der Waals surface area contributed by atoms with E-state index in [1.54, 1.807) is 30.1 Å². The first-order valence-corrected chi connectivity index (χ1v) is 12.0. The van der Waals surface area contributed by atoms with Crippen molar-refractivity contribution >= 4 is 23.6 Å². The van der Waals surface area contributed by atoms with E-state index in [4.69, 9.17) is 0 Å². The first kappa shape index (κ1) is 24.5. The number of nitrogens with one attached hydrogen (secondary N) is 1. The fourth-order valence-electron chi connectivity index (χ4n) is 3.67. The second kappa shape index (κ2) is 12.2. The highest BCUT2D eigenvalue weighted by Gasteiger charge is 2.29. The molecule has 0 saturated heterocycles. The number of amides is 2. The van der Waals surface area contributed by atoms with Gasteiger partial charge in [-0.1, -0.05) is 78.4 Å². The first-order chi connectivity index (χ1) is 16.0. The molecule has 0 aromatic heterocycles. The van der Waals surface area contributed by atoms with Crippen molar-refractivity contribution in [2.45, 2.75) is 31.7 Å². The molecule has 0 radical (unpaired) electrons. The number of halogens is 1. The molecule has 3 rings (SSSR count). The van der Waals surface area contributed by atoms with Crippen LogP contribution in [0.25, 0.3) is 0 Å². The number of carbonyl (C=O) groups excluding carboxylic acids is 2. The van der Waals surface area contributed by atoms with E-state index in [0.29, 0.717) is 24.3 Å². The summed E-state index contributed by atoms with van der Waals surface area (Å²) in [5, 5.41) is 2.72. The van der Waals surface area contributed by atoms with Crippen molar-refractivity contribution in [3.05, 3.63) is 107 Å². The van der Waals surface area contributed by atoms with Crippen LogP contribution in [0.4, 0.5) is 4.39 Å². The lowest BCUT2D eigenvalue weighted by molar-refractivity contribution is -0.139. The van der Waals surface area contributed by atoms with Crippen LogP contribution >= 0.6 is 11.8 Å². The molecule has 6 heteroatoms.